The van der Waals surface area contributed by atoms with Gasteiger partial charge in [0, 0.05) is 16.0 Å². The van der Waals surface area contributed by atoms with Crippen molar-refractivity contribution >= 4 is 23.1 Å². The lowest BCUT2D eigenvalue weighted by Crippen LogP contribution is -2.19. The van der Waals surface area contributed by atoms with Gasteiger partial charge in [-0.3, -0.25) is 0 Å². The number of fused-ring (bicyclic) bond motifs is 1. The van der Waals surface area contributed by atoms with Gasteiger partial charge in [-0.2, -0.15) is 0 Å². The van der Waals surface area contributed by atoms with Gasteiger partial charge in [0.2, 0.25) is 0 Å². The Bertz CT molecular complexity index is 992. The summed E-state index contributed by atoms with van der Waals surface area (Å²) in [4.78, 5) is 0. The van der Waals surface area contributed by atoms with E-state index in [1.807, 2.05) is 25.1 Å². The Morgan fingerprint density at radius 3 is 2.75 bits per heavy atom. The van der Waals surface area contributed by atoms with Gasteiger partial charge < -0.3 is 4.42 Å². The zero-order chi connectivity index (χ0) is 17.2. The van der Waals surface area contributed by atoms with E-state index >= 15 is 0 Å². The van der Waals surface area contributed by atoms with E-state index < -0.39 is 0 Å². The molecule has 1 nitrogen and oxygen atoms in total. The third-order valence-corrected chi connectivity index (χ3v) is 4.77. The van der Waals surface area contributed by atoms with Gasteiger partial charge in [-0.25, -0.2) is 0 Å². The minimum Gasteiger partial charge on any atom is -0.456 e. The lowest BCUT2D eigenvalue weighted by molar-refractivity contribution is 0.575. The van der Waals surface area contributed by atoms with Gasteiger partial charge in [-0.15, -0.1) is 0 Å². The Kier molecular flexibility index (Phi) is 4.44. The van der Waals surface area contributed by atoms with Crippen LogP contribution >= 0.6 is 0 Å². The average molecular weight is 316 g/mol. The molecule has 0 spiro atoms. The van der Waals surface area contributed by atoms with Crippen LogP contribution in [0.1, 0.15) is 27.7 Å². The summed E-state index contributed by atoms with van der Waals surface area (Å²) in [6, 6.07) is 8.19. The Balaban J connectivity index is 2.10. The van der Waals surface area contributed by atoms with Gasteiger partial charge in [0.15, 0.2) is 0 Å². The summed E-state index contributed by atoms with van der Waals surface area (Å²) in [7, 11) is 0. The van der Waals surface area contributed by atoms with Crippen molar-refractivity contribution in [2.75, 3.05) is 0 Å². The van der Waals surface area contributed by atoms with Crippen molar-refractivity contribution in [3.8, 4) is 0 Å². The second-order valence-corrected chi connectivity index (χ2v) is 6.57. The zero-order valence-corrected chi connectivity index (χ0v) is 14.8. The van der Waals surface area contributed by atoms with Gasteiger partial charge >= 0.3 is 0 Å². The molecule has 2 aromatic rings. The molecule has 1 aromatic heterocycles. The first-order valence-electron chi connectivity index (χ1n) is 8.42. The van der Waals surface area contributed by atoms with E-state index in [1.165, 1.54) is 11.1 Å². The normalized spacial score (nSPS) is 23.0. The maximum atomic E-state index is 5.93. The van der Waals surface area contributed by atoms with Crippen molar-refractivity contribution in [3.05, 3.63) is 82.5 Å². The maximum absolute atomic E-state index is 5.93. The molecule has 0 N–H and O–H groups in total. The van der Waals surface area contributed by atoms with E-state index in [4.69, 9.17) is 4.42 Å². The fourth-order valence-electron chi connectivity index (χ4n) is 2.94. The third-order valence-electron chi connectivity index (χ3n) is 4.77. The van der Waals surface area contributed by atoms with E-state index in [-0.39, 0.29) is 5.41 Å². The second-order valence-electron chi connectivity index (χ2n) is 6.57. The molecule has 0 aliphatic heterocycles. The van der Waals surface area contributed by atoms with E-state index in [2.05, 4.69) is 75.4 Å². The standard InChI is InChI=1S/C23H24O/c1-5-21-20(19-10-6-7-11-22(19)24-21)13-12-18(3)23(4)15-8-9-17(2)14-16-23/h5-16H,1-4H3/b18-12+,20-13-,21-5+. The summed E-state index contributed by atoms with van der Waals surface area (Å²) in [5.74, 6) is 0. The van der Waals surface area contributed by atoms with Crippen LogP contribution in [0.3, 0.4) is 0 Å². The molecule has 0 saturated carbocycles. The molecule has 1 aliphatic carbocycles. The molecular formula is C23H24O. The quantitative estimate of drug-likeness (QED) is 0.756. The first-order valence-corrected chi connectivity index (χ1v) is 8.42. The van der Waals surface area contributed by atoms with Crippen molar-refractivity contribution in [2.45, 2.75) is 27.7 Å². The SMILES string of the molecule is C/C=c1/oc2ccccc2/c1=C/C=C(\C)C1(C)C=CC=C(C)C=C1. The summed E-state index contributed by atoms with van der Waals surface area (Å²) in [6.45, 7) is 8.56. The fraction of sp³-hybridized carbons (Fsp3) is 0.217. The van der Waals surface area contributed by atoms with Crippen LogP contribution in [-0.4, -0.2) is 0 Å². The van der Waals surface area contributed by atoms with Gasteiger partial charge in [-0.05, 0) is 39.8 Å². The lowest BCUT2D eigenvalue weighted by atomic mass is 9.82. The number of hydrogen-bond donors (Lipinski definition) is 0. The van der Waals surface area contributed by atoms with Crippen LogP contribution in [-0.2, 0) is 0 Å². The van der Waals surface area contributed by atoms with Gasteiger partial charge in [0.25, 0.3) is 0 Å². The fourth-order valence-corrected chi connectivity index (χ4v) is 2.94. The number of allylic oxidation sites excluding steroid dienone is 8. The van der Waals surface area contributed by atoms with E-state index in [9.17, 15) is 0 Å². The highest BCUT2D eigenvalue weighted by Gasteiger charge is 2.19. The van der Waals surface area contributed by atoms with E-state index in [0.717, 1.165) is 21.6 Å². The minimum absolute atomic E-state index is 0.0691. The van der Waals surface area contributed by atoms with Crippen LogP contribution < -0.4 is 10.6 Å². The van der Waals surface area contributed by atoms with Crippen LogP contribution in [0, 0.1) is 5.41 Å². The highest BCUT2D eigenvalue weighted by Crippen LogP contribution is 2.32. The first kappa shape index (κ1) is 16.3. The molecule has 1 aliphatic rings. The maximum Gasteiger partial charge on any atom is 0.135 e. The molecule has 1 heteroatoms. The molecule has 1 aromatic carbocycles. The summed E-state index contributed by atoms with van der Waals surface area (Å²) in [5, 5.41) is 2.30. The van der Waals surface area contributed by atoms with Crippen LogP contribution in [0.5, 0.6) is 0 Å². The first-order chi connectivity index (χ1) is 11.5. The Labute approximate surface area is 143 Å². The molecule has 0 bridgehead atoms. The highest BCUT2D eigenvalue weighted by molar-refractivity contribution is 5.79. The summed E-state index contributed by atoms with van der Waals surface area (Å²) >= 11 is 0. The number of benzene rings is 1. The van der Waals surface area contributed by atoms with Gasteiger partial charge in [-0.1, -0.05) is 71.9 Å². The van der Waals surface area contributed by atoms with Crippen molar-refractivity contribution in [3.63, 3.8) is 0 Å². The van der Waals surface area contributed by atoms with Crippen molar-refractivity contribution < 1.29 is 4.42 Å². The number of rotatable bonds is 2. The highest BCUT2D eigenvalue weighted by atomic mass is 16.3. The zero-order valence-electron chi connectivity index (χ0n) is 14.8. The van der Waals surface area contributed by atoms with Crippen LogP contribution in [0.25, 0.3) is 23.1 Å². The third kappa shape index (κ3) is 3.07. The summed E-state index contributed by atoms with van der Waals surface area (Å²) in [5.41, 5.74) is 4.36. The predicted molar refractivity (Wildman–Crippen MR) is 104 cm³/mol. The summed E-state index contributed by atoms with van der Waals surface area (Å²) < 4.78 is 5.93. The molecule has 0 radical (unpaired) electrons. The Morgan fingerprint density at radius 2 is 1.96 bits per heavy atom. The largest absolute Gasteiger partial charge is 0.456 e. The Hall–Kier alpha value is -2.54. The number of furan rings is 1. The molecule has 1 heterocycles. The topological polar surface area (TPSA) is 13.1 Å². The predicted octanol–water partition coefficient (Wildman–Crippen LogP) is 5.04. The van der Waals surface area contributed by atoms with Crippen molar-refractivity contribution in [2.24, 2.45) is 5.41 Å². The second kappa shape index (κ2) is 6.52. The molecule has 0 fully saturated rings. The van der Waals surface area contributed by atoms with Crippen LogP contribution in [0.15, 0.2) is 76.3 Å². The average Bonchev–Trinajstić information content (AvgIpc) is 2.85. The van der Waals surface area contributed by atoms with Crippen molar-refractivity contribution in [1.29, 1.82) is 0 Å². The van der Waals surface area contributed by atoms with Crippen LogP contribution in [0.4, 0.5) is 0 Å². The monoisotopic (exact) mass is 316 g/mol. The molecule has 1 unspecified atom stereocenters. The molecule has 1 atom stereocenters. The molecule has 3 rings (SSSR count). The smallest absolute Gasteiger partial charge is 0.135 e. The molecular weight excluding hydrogens is 292 g/mol. The van der Waals surface area contributed by atoms with E-state index in [0.29, 0.717) is 0 Å². The number of hydrogen-bond acceptors (Lipinski definition) is 1. The Morgan fingerprint density at radius 1 is 1.17 bits per heavy atom. The summed E-state index contributed by atoms with van der Waals surface area (Å²) in [6.07, 6.45) is 17.4. The van der Waals surface area contributed by atoms with Gasteiger partial charge in [0.1, 0.15) is 11.0 Å². The van der Waals surface area contributed by atoms with E-state index in [1.54, 1.807) is 0 Å². The lowest BCUT2D eigenvalue weighted by Gasteiger charge is -2.22. The molecule has 0 amide bonds. The van der Waals surface area contributed by atoms with Crippen LogP contribution in [0.2, 0.25) is 0 Å². The molecule has 0 saturated heterocycles. The number of para-hydroxylation sites is 1. The molecule has 122 valence electrons. The van der Waals surface area contributed by atoms with Crippen molar-refractivity contribution in [1.82, 2.24) is 0 Å². The minimum atomic E-state index is -0.0691. The molecule has 24 heavy (non-hydrogen) atoms. The van der Waals surface area contributed by atoms with Gasteiger partial charge in [0.05, 0.1) is 0 Å².